The average Bonchev–Trinajstić information content (AvgIpc) is 3.07. The number of carbonyl (C=O) groups is 1. The number of nitrogens with zero attached hydrogens (tertiary/aromatic N) is 1. The summed E-state index contributed by atoms with van der Waals surface area (Å²) >= 11 is 0. The average molecular weight is 445 g/mol. The van der Waals surface area contributed by atoms with E-state index < -0.39 is 9.84 Å². The van der Waals surface area contributed by atoms with Crippen molar-refractivity contribution >= 4 is 21.4 Å². The van der Waals surface area contributed by atoms with Crippen LogP contribution in [0.3, 0.4) is 0 Å². The molecule has 6 heteroatoms. The molecule has 1 aromatic rings. The molecule has 170 valence electrons. The summed E-state index contributed by atoms with van der Waals surface area (Å²) in [6.45, 7) is 4.34. The van der Waals surface area contributed by atoms with E-state index in [2.05, 4.69) is 29.6 Å². The maximum atomic E-state index is 13.0. The number of benzene rings is 1. The Morgan fingerprint density at radius 2 is 1.68 bits per heavy atom. The van der Waals surface area contributed by atoms with Gasteiger partial charge < -0.3 is 10.2 Å². The molecule has 31 heavy (non-hydrogen) atoms. The molecule has 4 aliphatic carbocycles. The van der Waals surface area contributed by atoms with Gasteiger partial charge in [-0.1, -0.05) is 12.1 Å². The first kappa shape index (κ1) is 21.3. The van der Waals surface area contributed by atoms with Gasteiger partial charge in [0.15, 0.2) is 9.84 Å². The van der Waals surface area contributed by atoms with Crippen LogP contribution in [0.2, 0.25) is 0 Å². The van der Waals surface area contributed by atoms with Crippen LogP contribution in [0, 0.1) is 17.8 Å². The van der Waals surface area contributed by atoms with E-state index in [1.807, 2.05) is 13.8 Å². The summed E-state index contributed by atoms with van der Waals surface area (Å²) in [5, 5.41) is 3.36. The minimum Gasteiger partial charge on any atom is -0.374 e. The predicted octanol–water partition coefficient (Wildman–Crippen LogP) is 3.99. The second-order valence-electron chi connectivity index (χ2n) is 10.8. The number of hydrogen-bond donors (Lipinski definition) is 1. The third-order valence-electron chi connectivity index (χ3n) is 8.56. The molecule has 1 heterocycles. The van der Waals surface area contributed by atoms with Crippen molar-refractivity contribution in [1.82, 2.24) is 4.90 Å². The lowest BCUT2D eigenvalue weighted by atomic mass is 9.48. The molecule has 1 amide bonds. The van der Waals surface area contributed by atoms with E-state index in [4.69, 9.17) is 0 Å². The summed E-state index contributed by atoms with van der Waals surface area (Å²) in [6.07, 6.45) is 8.98. The van der Waals surface area contributed by atoms with E-state index in [1.54, 1.807) is 4.90 Å². The van der Waals surface area contributed by atoms with Gasteiger partial charge in [0.05, 0.1) is 11.5 Å². The Morgan fingerprint density at radius 1 is 1.10 bits per heavy atom. The third kappa shape index (κ3) is 4.01. The Labute approximate surface area is 186 Å². The molecule has 0 unspecified atom stereocenters. The van der Waals surface area contributed by atoms with Gasteiger partial charge in [0.25, 0.3) is 0 Å². The molecule has 4 saturated carbocycles. The zero-order chi connectivity index (χ0) is 21.8. The zero-order valence-electron chi connectivity index (χ0n) is 18.8. The van der Waals surface area contributed by atoms with Crippen LogP contribution in [-0.4, -0.2) is 49.4 Å². The van der Waals surface area contributed by atoms with Gasteiger partial charge >= 0.3 is 0 Å². The third-order valence-corrected chi connectivity index (χ3v) is 10.3. The van der Waals surface area contributed by atoms with Crippen molar-refractivity contribution in [1.29, 1.82) is 0 Å². The number of sulfone groups is 1. The van der Waals surface area contributed by atoms with Crippen LogP contribution >= 0.6 is 0 Å². The molecule has 1 N–H and O–H groups in total. The van der Waals surface area contributed by atoms with Gasteiger partial charge in [-0.05, 0) is 99.7 Å². The summed E-state index contributed by atoms with van der Waals surface area (Å²) in [7, 11) is -3.01. The van der Waals surface area contributed by atoms with Gasteiger partial charge in [-0.25, -0.2) is 8.42 Å². The number of anilines is 1. The monoisotopic (exact) mass is 444 g/mol. The fourth-order valence-corrected chi connectivity index (χ4v) is 9.29. The molecular formula is C25H36N2O3S. The summed E-state index contributed by atoms with van der Waals surface area (Å²) in [4.78, 5) is 14.8. The van der Waals surface area contributed by atoms with Crippen LogP contribution < -0.4 is 5.32 Å². The highest BCUT2D eigenvalue weighted by molar-refractivity contribution is 7.91. The smallest absolute Gasteiger partial charge is 0.245 e. The summed E-state index contributed by atoms with van der Waals surface area (Å²) in [5.41, 5.74) is 2.84. The summed E-state index contributed by atoms with van der Waals surface area (Å²) in [6, 6.07) is 8.27. The summed E-state index contributed by atoms with van der Waals surface area (Å²) in [5.74, 6) is 3.06. The Hall–Kier alpha value is -1.56. The minimum absolute atomic E-state index is 0.0187. The fourth-order valence-electron chi connectivity index (χ4n) is 7.56. The van der Waals surface area contributed by atoms with E-state index in [0.717, 1.165) is 23.4 Å². The highest BCUT2D eigenvalue weighted by Gasteiger charge is 2.51. The van der Waals surface area contributed by atoms with E-state index in [0.29, 0.717) is 18.4 Å². The Balaban J connectivity index is 1.25. The number of nitrogens with one attached hydrogen (secondary N) is 1. The number of likely N-dealkylation sites (N-methyl/N-ethyl adjacent to an activating group) is 1. The molecule has 0 aromatic heterocycles. The first-order chi connectivity index (χ1) is 14.8. The molecule has 5 fully saturated rings. The van der Waals surface area contributed by atoms with Gasteiger partial charge in [0.1, 0.15) is 6.04 Å². The number of carbonyl (C=O) groups excluding carboxylic acids is 1. The lowest BCUT2D eigenvalue weighted by Crippen LogP contribution is -2.48. The Bertz CT molecular complexity index is 905. The second kappa shape index (κ2) is 7.79. The molecule has 0 radical (unpaired) electrons. The number of rotatable bonds is 6. The van der Waals surface area contributed by atoms with Gasteiger partial charge in [0, 0.05) is 18.3 Å². The highest BCUT2D eigenvalue weighted by Crippen LogP contribution is 2.60. The van der Waals surface area contributed by atoms with Crippen LogP contribution in [0.25, 0.3) is 0 Å². The van der Waals surface area contributed by atoms with Gasteiger partial charge in [-0.2, -0.15) is 0 Å². The molecule has 5 nitrogen and oxygen atoms in total. The zero-order valence-corrected chi connectivity index (χ0v) is 19.7. The second-order valence-corrected chi connectivity index (χ2v) is 13.1. The minimum atomic E-state index is -3.01. The highest BCUT2D eigenvalue weighted by atomic mass is 32.2. The van der Waals surface area contributed by atoms with Crippen molar-refractivity contribution in [2.24, 2.45) is 17.8 Å². The summed E-state index contributed by atoms with van der Waals surface area (Å²) < 4.78 is 23.7. The van der Waals surface area contributed by atoms with Gasteiger partial charge in [-0.15, -0.1) is 0 Å². The van der Waals surface area contributed by atoms with Crippen molar-refractivity contribution in [2.45, 2.75) is 76.3 Å². The molecule has 5 aliphatic rings. The van der Waals surface area contributed by atoms with Crippen molar-refractivity contribution in [3.05, 3.63) is 29.8 Å². The molecule has 1 saturated heterocycles. The predicted molar refractivity (Wildman–Crippen MR) is 124 cm³/mol. The van der Waals surface area contributed by atoms with Crippen LogP contribution in [-0.2, 0) is 20.0 Å². The van der Waals surface area contributed by atoms with Crippen LogP contribution in [0.5, 0.6) is 0 Å². The maximum absolute atomic E-state index is 13.0. The molecule has 2 atom stereocenters. The van der Waals surface area contributed by atoms with Crippen molar-refractivity contribution < 1.29 is 13.2 Å². The molecule has 1 aliphatic heterocycles. The molecule has 4 bridgehead atoms. The molecule has 6 rings (SSSR count). The van der Waals surface area contributed by atoms with E-state index in [9.17, 15) is 13.2 Å². The van der Waals surface area contributed by atoms with E-state index >= 15 is 0 Å². The van der Waals surface area contributed by atoms with Crippen molar-refractivity contribution in [2.75, 3.05) is 23.4 Å². The molecular weight excluding hydrogens is 408 g/mol. The topological polar surface area (TPSA) is 66.5 Å². The first-order valence-electron chi connectivity index (χ1n) is 12.1. The molecule has 1 aromatic carbocycles. The van der Waals surface area contributed by atoms with E-state index in [1.165, 1.54) is 44.1 Å². The van der Waals surface area contributed by atoms with Crippen LogP contribution in [0.15, 0.2) is 24.3 Å². The maximum Gasteiger partial charge on any atom is 0.245 e. The van der Waals surface area contributed by atoms with Crippen LogP contribution in [0.1, 0.15) is 64.4 Å². The normalized spacial score (nSPS) is 36.3. The number of amides is 1. The fraction of sp³-hybridized carbons (Fsp3) is 0.720. The lowest BCUT2D eigenvalue weighted by molar-refractivity contribution is -0.133. The van der Waals surface area contributed by atoms with Gasteiger partial charge in [-0.3, -0.25) is 4.79 Å². The Morgan fingerprint density at radius 3 is 2.16 bits per heavy atom. The quantitative estimate of drug-likeness (QED) is 0.720. The Kier molecular flexibility index (Phi) is 5.35. The standard InChI is InChI=1S/C25H36N2O3S/c1-3-27(23-8-9-31(29,30)16-23)24(28)17(2)26-22-6-4-21(5-7-22)25-13-18-10-19(14-25)12-20(11-18)15-25/h4-7,17-20,23,26H,3,8-16H2,1-2H3/t17-,18?,19?,20?,23+,25?/m0/s1. The SMILES string of the molecule is CCN(C(=O)[C@H](C)Nc1ccc(C23CC4CC(CC(C4)C2)C3)cc1)[C@@H]1CCS(=O)(=O)C1. The van der Waals surface area contributed by atoms with Crippen molar-refractivity contribution in [3.63, 3.8) is 0 Å². The lowest BCUT2D eigenvalue weighted by Gasteiger charge is -2.57. The van der Waals surface area contributed by atoms with Gasteiger partial charge in [0.2, 0.25) is 5.91 Å². The van der Waals surface area contributed by atoms with Crippen LogP contribution in [0.4, 0.5) is 5.69 Å². The number of hydrogen-bond acceptors (Lipinski definition) is 4. The van der Waals surface area contributed by atoms with E-state index in [-0.39, 0.29) is 29.5 Å². The largest absolute Gasteiger partial charge is 0.374 e. The molecule has 0 spiro atoms. The van der Waals surface area contributed by atoms with Crippen molar-refractivity contribution in [3.8, 4) is 0 Å². The first-order valence-corrected chi connectivity index (χ1v) is 14.0.